The molecule has 4 heteroatoms. The van der Waals surface area contributed by atoms with E-state index in [1.807, 2.05) is 4.90 Å². The van der Waals surface area contributed by atoms with E-state index in [4.69, 9.17) is 4.74 Å². The van der Waals surface area contributed by atoms with Crippen molar-refractivity contribution in [1.82, 2.24) is 10.2 Å². The number of hydrogen-bond donors (Lipinski definition) is 1. The molecule has 0 aliphatic carbocycles. The number of nitrogens with one attached hydrogen (secondary N) is 1. The molecule has 1 aliphatic rings. The lowest BCUT2D eigenvalue weighted by Crippen LogP contribution is -2.37. The maximum Gasteiger partial charge on any atom is 0.409 e. The van der Waals surface area contributed by atoms with Crippen molar-refractivity contribution in [1.29, 1.82) is 0 Å². The van der Waals surface area contributed by atoms with Crippen LogP contribution in [0.3, 0.4) is 0 Å². The highest BCUT2D eigenvalue weighted by molar-refractivity contribution is 5.69. The summed E-state index contributed by atoms with van der Waals surface area (Å²) in [5.41, 5.74) is 0. The Hall–Kier alpha value is -0.770. The predicted molar refractivity (Wildman–Crippen MR) is 101 cm³/mol. The maximum atomic E-state index is 11.5. The summed E-state index contributed by atoms with van der Waals surface area (Å²) >= 11 is 0. The summed E-state index contributed by atoms with van der Waals surface area (Å²) in [5.74, 6) is 0. The van der Waals surface area contributed by atoms with Gasteiger partial charge in [0, 0.05) is 19.1 Å². The minimum absolute atomic E-state index is 0.146. The molecule has 142 valence electrons. The minimum Gasteiger partial charge on any atom is -0.448 e. The standard InChI is InChI=1S/C20H40N2O2/c1-3-5-7-9-11-13-19(14-12-10-8-6-4-2)21-15-16-22-17-18-24-20(22)23/h19,21H,3-18H2,1-2H3. The molecule has 4 nitrogen and oxygen atoms in total. The summed E-state index contributed by atoms with van der Waals surface area (Å²) < 4.78 is 4.99. The van der Waals surface area contributed by atoms with Gasteiger partial charge in [-0.15, -0.1) is 0 Å². The van der Waals surface area contributed by atoms with Crippen molar-refractivity contribution in [3.05, 3.63) is 0 Å². The largest absolute Gasteiger partial charge is 0.448 e. The summed E-state index contributed by atoms with van der Waals surface area (Å²) in [6.07, 6.45) is 15.9. The first-order valence-electron chi connectivity index (χ1n) is 10.4. The number of nitrogens with zero attached hydrogens (tertiary/aromatic N) is 1. The summed E-state index contributed by atoms with van der Waals surface area (Å²) in [6.45, 7) is 7.51. The molecular formula is C20H40N2O2. The van der Waals surface area contributed by atoms with Crippen LogP contribution in [0, 0.1) is 0 Å². The normalized spacial score (nSPS) is 14.6. The Kier molecular flexibility index (Phi) is 12.9. The fourth-order valence-corrected chi connectivity index (χ4v) is 3.37. The van der Waals surface area contributed by atoms with Gasteiger partial charge in [-0.05, 0) is 12.8 Å². The maximum absolute atomic E-state index is 11.5. The van der Waals surface area contributed by atoms with Crippen molar-refractivity contribution in [2.45, 2.75) is 96.9 Å². The van der Waals surface area contributed by atoms with E-state index >= 15 is 0 Å². The Labute approximate surface area is 149 Å². The molecule has 0 aromatic heterocycles. The van der Waals surface area contributed by atoms with E-state index in [0.29, 0.717) is 12.6 Å². The van der Waals surface area contributed by atoms with E-state index < -0.39 is 0 Å². The lowest BCUT2D eigenvalue weighted by Gasteiger charge is -2.21. The van der Waals surface area contributed by atoms with Gasteiger partial charge in [0.1, 0.15) is 6.61 Å². The fraction of sp³-hybridized carbons (Fsp3) is 0.950. The van der Waals surface area contributed by atoms with Gasteiger partial charge in [-0.3, -0.25) is 0 Å². The van der Waals surface area contributed by atoms with Gasteiger partial charge in [0.2, 0.25) is 0 Å². The number of carbonyl (C=O) groups is 1. The van der Waals surface area contributed by atoms with Crippen LogP contribution in [0.2, 0.25) is 0 Å². The number of unbranched alkanes of at least 4 members (excludes halogenated alkanes) is 8. The molecule has 1 aliphatic heterocycles. The lowest BCUT2D eigenvalue weighted by molar-refractivity contribution is 0.158. The number of cyclic esters (lactones) is 1. The Bertz CT molecular complexity index is 296. The SMILES string of the molecule is CCCCCCCC(CCCCCCC)NCCN1CCOC1=O. The minimum atomic E-state index is -0.146. The van der Waals surface area contributed by atoms with Gasteiger partial charge >= 0.3 is 6.09 Å². The van der Waals surface area contributed by atoms with E-state index in [9.17, 15) is 4.79 Å². The van der Waals surface area contributed by atoms with E-state index in [0.717, 1.165) is 19.6 Å². The Balaban J connectivity index is 2.18. The van der Waals surface area contributed by atoms with Gasteiger partial charge in [0.25, 0.3) is 0 Å². The third-order valence-electron chi connectivity index (χ3n) is 4.97. The highest BCUT2D eigenvalue weighted by Crippen LogP contribution is 2.13. The number of hydrogen-bond acceptors (Lipinski definition) is 3. The molecule has 24 heavy (non-hydrogen) atoms. The first-order valence-corrected chi connectivity index (χ1v) is 10.4. The molecule has 1 heterocycles. The van der Waals surface area contributed by atoms with Crippen LogP contribution in [-0.4, -0.2) is 43.3 Å². The second-order valence-corrected chi connectivity index (χ2v) is 7.16. The van der Waals surface area contributed by atoms with Crippen LogP contribution >= 0.6 is 0 Å². The molecule has 0 atom stereocenters. The molecule has 1 N–H and O–H groups in total. The van der Waals surface area contributed by atoms with E-state index in [2.05, 4.69) is 19.2 Å². The number of amides is 1. The van der Waals surface area contributed by atoms with Gasteiger partial charge in [-0.2, -0.15) is 0 Å². The van der Waals surface area contributed by atoms with Crippen LogP contribution < -0.4 is 5.32 Å². The van der Waals surface area contributed by atoms with Crippen molar-refractivity contribution in [2.24, 2.45) is 0 Å². The summed E-state index contributed by atoms with van der Waals surface area (Å²) in [7, 11) is 0. The molecule has 1 rings (SSSR count). The highest BCUT2D eigenvalue weighted by Gasteiger charge is 2.21. The first-order chi connectivity index (χ1) is 11.8. The smallest absolute Gasteiger partial charge is 0.409 e. The third kappa shape index (κ3) is 10.2. The Morgan fingerprint density at radius 1 is 0.958 bits per heavy atom. The van der Waals surface area contributed by atoms with Crippen molar-refractivity contribution in [3.8, 4) is 0 Å². The number of rotatable bonds is 16. The zero-order valence-electron chi connectivity index (χ0n) is 16.2. The summed E-state index contributed by atoms with van der Waals surface area (Å²) in [5, 5.41) is 3.70. The molecule has 0 saturated carbocycles. The third-order valence-corrected chi connectivity index (χ3v) is 4.97. The Morgan fingerprint density at radius 2 is 1.54 bits per heavy atom. The summed E-state index contributed by atoms with van der Waals surface area (Å²) in [4.78, 5) is 13.3. The lowest BCUT2D eigenvalue weighted by atomic mass is 10.0. The molecule has 0 unspecified atom stereocenters. The zero-order valence-corrected chi connectivity index (χ0v) is 16.2. The number of ether oxygens (including phenoxy) is 1. The van der Waals surface area contributed by atoms with Crippen molar-refractivity contribution in [3.63, 3.8) is 0 Å². The van der Waals surface area contributed by atoms with Crippen molar-refractivity contribution in [2.75, 3.05) is 26.2 Å². The Morgan fingerprint density at radius 3 is 2.04 bits per heavy atom. The van der Waals surface area contributed by atoms with Crippen LogP contribution in [-0.2, 0) is 4.74 Å². The van der Waals surface area contributed by atoms with Crippen LogP contribution in [0.5, 0.6) is 0 Å². The monoisotopic (exact) mass is 340 g/mol. The van der Waals surface area contributed by atoms with Gasteiger partial charge in [-0.1, -0.05) is 78.1 Å². The zero-order chi connectivity index (χ0) is 17.5. The van der Waals surface area contributed by atoms with Crippen LogP contribution in [0.25, 0.3) is 0 Å². The molecule has 1 fully saturated rings. The molecular weight excluding hydrogens is 300 g/mol. The topological polar surface area (TPSA) is 41.6 Å². The molecule has 0 spiro atoms. The van der Waals surface area contributed by atoms with Gasteiger partial charge < -0.3 is 15.0 Å². The van der Waals surface area contributed by atoms with Gasteiger partial charge in [0.15, 0.2) is 0 Å². The molecule has 0 bridgehead atoms. The highest BCUT2D eigenvalue weighted by atomic mass is 16.6. The molecule has 1 amide bonds. The van der Waals surface area contributed by atoms with Crippen LogP contribution in [0.4, 0.5) is 4.79 Å². The molecule has 0 aromatic carbocycles. The average Bonchev–Trinajstić information content (AvgIpc) is 2.99. The quantitative estimate of drug-likeness (QED) is 0.397. The second-order valence-electron chi connectivity index (χ2n) is 7.16. The van der Waals surface area contributed by atoms with Gasteiger partial charge in [0.05, 0.1) is 6.54 Å². The van der Waals surface area contributed by atoms with Crippen molar-refractivity contribution < 1.29 is 9.53 Å². The van der Waals surface area contributed by atoms with Crippen LogP contribution in [0.15, 0.2) is 0 Å². The summed E-state index contributed by atoms with van der Waals surface area (Å²) in [6, 6.07) is 0.617. The van der Waals surface area contributed by atoms with E-state index in [-0.39, 0.29) is 6.09 Å². The molecule has 1 saturated heterocycles. The number of carbonyl (C=O) groups excluding carboxylic acids is 1. The van der Waals surface area contributed by atoms with E-state index in [1.165, 1.54) is 77.0 Å². The van der Waals surface area contributed by atoms with Crippen LogP contribution in [0.1, 0.15) is 90.9 Å². The molecule has 0 radical (unpaired) electrons. The first kappa shape index (κ1) is 21.3. The average molecular weight is 341 g/mol. The fourth-order valence-electron chi connectivity index (χ4n) is 3.37. The second kappa shape index (κ2) is 14.6. The predicted octanol–water partition coefficient (Wildman–Crippen LogP) is 5.12. The van der Waals surface area contributed by atoms with Crippen molar-refractivity contribution >= 4 is 6.09 Å². The van der Waals surface area contributed by atoms with E-state index in [1.54, 1.807) is 0 Å². The van der Waals surface area contributed by atoms with Gasteiger partial charge in [-0.25, -0.2) is 4.79 Å². The molecule has 0 aromatic rings.